The third kappa shape index (κ3) is 6.26. The molecule has 2 N–H and O–H groups in total. The Morgan fingerprint density at radius 3 is 2.46 bits per heavy atom. The van der Waals surface area contributed by atoms with Gasteiger partial charge in [-0.05, 0) is 20.8 Å². The van der Waals surface area contributed by atoms with Crippen LogP contribution in [0, 0.1) is 10.1 Å². The number of aromatic nitrogens is 1. The molecule has 1 aromatic rings. The number of rotatable bonds is 5. The first-order valence-electron chi connectivity index (χ1n) is 6.82. The molecule has 0 radical (unpaired) electrons. The van der Waals surface area contributed by atoms with E-state index in [9.17, 15) is 28.1 Å². The Labute approximate surface area is 135 Å². The van der Waals surface area contributed by atoms with Crippen LogP contribution in [0.15, 0.2) is 12.3 Å². The Balaban J connectivity index is 2.65. The molecule has 24 heavy (non-hydrogen) atoms. The number of alkyl carbamates (subject to hydrolysis) is 1. The van der Waals surface area contributed by atoms with Crippen LogP contribution in [0.4, 0.5) is 29.5 Å². The topological polar surface area (TPSA) is 106 Å². The molecular formula is C13H17F3N4O4. The molecule has 1 amide bonds. The molecule has 1 aromatic heterocycles. The highest BCUT2D eigenvalue weighted by Crippen LogP contribution is 2.33. The summed E-state index contributed by atoms with van der Waals surface area (Å²) in [4.78, 5) is 24.7. The summed E-state index contributed by atoms with van der Waals surface area (Å²) in [5.74, 6) is -0.320. The van der Waals surface area contributed by atoms with E-state index in [4.69, 9.17) is 4.74 Å². The predicted octanol–water partition coefficient (Wildman–Crippen LogP) is 2.95. The number of ether oxygens (including phenoxy) is 1. The van der Waals surface area contributed by atoms with Crippen LogP contribution < -0.4 is 10.6 Å². The third-order valence-electron chi connectivity index (χ3n) is 2.48. The number of nitro groups is 1. The first-order chi connectivity index (χ1) is 10.9. The summed E-state index contributed by atoms with van der Waals surface area (Å²) in [6, 6.07) is 0.399. The fourth-order valence-electron chi connectivity index (χ4n) is 1.54. The fourth-order valence-corrected chi connectivity index (χ4v) is 1.54. The normalized spacial score (nSPS) is 11.8. The van der Waals surface area contributed by atoms with Crippen LogP contribution in [0.5, 0.6) is 0 Å². The molecular weight excluding hydrogens is 333 g/mol. The van der Waals surface area contributed by atoms with Crippen molar-refractivity contribution in [2.24, 2.45) is 0 Å². The number of pyridine rings is 1. The molecule has 0 aliphatic heterocycles. The first kappa shape index (κ1) is 19.5. The van der Waals surface area contributed by atoms with Gasteiger partial charge < -0.3 is 15.4 Å². The first-order valence-corrected chi connectivity index (χ1v) is 6.82. The standard InChI is InChI=1S/C13H17F3N4O4/c1-12(2,3)24-11(21)18-5-4-17-10-9(20(22)23)6-8(7-19-10)13(14,15)16/h6-7H,4-5H2,1-3H3,(H,17,19)(H,18,21). The molecule has 0 bridgehead atoms. The molecule has 1 heterocycles. The molecule has 11 heteroatoms. The highest BCUT2D eigenvalue weighted by molar-refractivity contribution is 5.67. The maximum absolute atomic E-state index is 12.5. The number of carbonyl (C=O) groups excluding carboxylic acids is 1. The van der Waals surface area contributed by atoms with Crippen molar-refractivity contribution in [3.63, 3.8) is 0 Å². The number of amides is 1. The summed E-state index contributed by atoms with van der Waals surface area (Å²) in [5, 5.41) is 15.8. The van der Waals surface area contributed by atoms with Gasteiger partial charge in [-0.1, -0.05) is 0 Å². The van der Waals surface area contributed by atoms with E-state index in [1.807, 2.05) is 0 Å². The molecule has 0 atom stereocenters. The Bertz CT molecular complexity index is 614. The Morgan fingerprint density at radius 2 is 1.96 bits per heavy atom. The average molecular weight is 350 g/mol. The lowest BCUT2D eigenvalue weighted by atomic mass is 10.2. The number of carbonyl (C=O) groups is 1. The van der Waals surface area contributed by atoms with E-state index in [0.29, 0.717) is 12.3 Å². The van der Waals surface area contributed by atoms with Crippen LogP contribution in [-0.2, 0) is 10.9 Å². The molecule has 0 aliphatic carbocycles. The molecule has 0 fully saturated rings. The Hall–Kier alpha value is -2.59. The van der Waals surface area contributed by atoms with Crippen molar-refractivity contribution in [1.82, 2.24) is 10.3 Å². The van der Waals surface area contributed by atoms with Crippen molar-refractivity contribution in [2.75, 3.05) is 18.4 Å². The van der Waals surface area contributed by atoms with Gasteiger partial charge in [-0.25, -0.2) is 9.78 Å². The van der Waals surface area contributed by atoms with Crippen molar-refractivity contribution >= 4 is 17.6 Å². The van der Waals surface area contributed by atoms with Gasteiger partial charge >= 0.3 is 18.0 Å². The number of hydrogen-bond acceptors (Lipinski definition) is 6. The molecule has 0 aromatic carbocycles. The minimum Gasteiger partial charge on any atom is -0.444 e. The second-order valence-electron chi connectivity index (χ2n) is 5.70. The number of halogens is 3. The maximum atomic E-state index is 12.5. The third-order valence-corrected chi connectivity index (χ3v) is 2.48. The quantitative estimate of drug-likeness (QED) is 0.480. The van der Waals surface area contributed by atoms with Crippen LogP contribution in [-0.4, -0.2) is 34.7 Å². The molecule has 0 saturated carbocycles. The average Bonchev–Trinajstić information content (AvgIpc) is 2.40. The zero-order valence-electron chi connectivity index (χ0n) is 13.2. The maximum Gasteiger partial charge on any atom is 0.418 e. The number of alkyl halides is 3. The second-order valence-corrected chi connectivity index (χ2v) is 5.70. The van der Waals surface area contributed by atoms with Gasteiger partial charge in [-0.3, -0.25) is 10.1 Å². The van der Waals surface area contributed by atoms with Gasteiger partial charge in [0.15, 0.2) is 0 Å². The van der Waals surface area contributed by atoms with Gasteiger partial charge in [0.2, 0.25) is 5.82 Å². The van der Waals surface area contributed by atoms with Crippen molar-refractivity contribution in [3.05, 3.63) is 27.9 Å². The summed E-state index contributed by atoms with van der Waals surface area (Å²) in [7, 11) is 0. The summed E-state index contributed by atoms with van der Waals surface area (Å²) in [5.41, 5.74) is -2.70. The van der Waals surface area contributed by atoms with E-state index in [1.165, 1.54) is 0 Å². The van der Waals surface area contributed by atoms with Crippen molar-refractivity contribution < 1.29 is 27.6 Å². The van der Waals surface area contributed by atoms with Gasteiger partial charge in [0, 0.05) is 25.4 Å². The lowest BCUT2D eigenvalue weighted by Crippen LogP contribution is -2.35. The smallest absolute Gasteiger partial charge is 0.418 e. The van der Waals surface area contributed by atoms with Gasteiger partial charge in [0.05, 0.1) is 10.5 Å². The van der Waals surface area contributed by atoms with Crippen LogP contribution in [0.25, 0.3) is 0 Å². The lowest BCUT2D eigenvalue weighted by molar-refractivity contribution is -0.384. The Kier molecular flexibility index (Phi) is 5.93. The summed E-state index contributed by atoms with van der Waals surface area (Å²) in [6.45, 7) is 5.09. The lowest BCUT2D eigenvalue weighted by Gasteiger charge is -2.19. The summed E-state index contributed by atoms with van der Waals surface area (Å²) >= 11 is 0. The summed E-state index contributed by atoms with van der Waals surface area (Å²) in [6.07, 6.45) is -4.91. The highest BCUT2D eigenvalue weighted by Gasteiger charge is 2.33. The number of nitrogens with zero attached hydrogens (tertiary/aromatic N) is 2. The minimum absolute atomic E-state index is 0.0123. The molecule has 1 rings (SSSR count). The van der Waals surface area contributed by atoms with Crippen LogP contribution in [0.2, 0.25) is 0 Å². The van der Waals surface area contributed by atoms with E-state index in [-0.39, 0.29) is 18.9 Å². The molecule has 0 spiro atoms. The van der Waals surface area contributed by atoms with Crippen molar-refractivity contribution in [2.45, 2.75) is 32.5 Å². The van der Waals surface area contributed by atoms with E-state index >= 15 is 0 Å². The monoisotopic (exact) mass is 350 g/mol. The van der Waals surface area contributed by atoms with Crippen molar-refractivity contribution in [3.8, 4) is 0 Å². The van der Waals surface area contributed by atoms with E-state index in [0.717, 1.165) is 0 Å². The van der Waals surface area contributed by atoms with Gasteiger partial charge in [-0.2, -0.15) is 13.2 Å². The number of anilines is 1. The Morgan fingerprint density at radius 1 is 1.33 bits per heavy atom. The summed E-state index contributed by atoms with van der Waals surface area (Å²) < 4.78 is 42.6. The van der Waals surface area contributed by atoms with Gasteiger partial charge in [0.25, 0.3) is 0 Å². The van der Waals surface area contributed by atoms with Crippen LogP contribution in [0.1, 0.15) is 26.3 Å². The molecule has 0 aliphatic rings. The zero-order chi connectivity index (χ0) is 18.5. The van der Waals surface area contributed by atoms with E-state index < -0.39 is 34.0 Å². The van der Waals surface area contributed by atoms with Gasteiger partial charge in [-0.15, -0.1) is 0 Å². The molecule has 8 nitrogen and oxygen atoms in total. The molecule has 0 saturated heterocycles. The zero-order valence-corrected chi connectivity index (χ0v) is 13.2. The van der Waals surface area contributed by atoms with E-state index in [2.05, 4.69) is 15.6 Å². The number of nitrogens with one attached hydrogen (secondary N) is 2. The van der Waals surface area contributed by atoms with E-state index in [1.54, 1.807) is 20.8 Å². The largest absolute Gasteiger partial charge is 0.444 e. The second kappa shape index (κ2) is 7.32. The highest BCUT2D eigenvalue weighted by atomic mass is 19.4. The van der Waals surface area contributed by atoms with Gasteiger partial charge in [0.1, 0.15) is 5.60 Å². The molecule has 134 valence electrons. The molecule has 0 unspecified atom stereocenters. The van der Waals surface area contributed by atoms with Crippen molar-refractivity contribution in [1.29, 1.82) is 0 Å². The minimum atomic E-state index is -4.73. The fraction of sp³-hybridized carbons (Fsp3) is 0.538. The van der Waals surface area contributed by atoms with Crippen LogP contribution >= 0.6 is 0 Å². The predicted molar refractivity (Wildman–Crippen MR) is 78.6 cm³/mol. The van der Waals surface area contributed by atoms with Crippen LogP contribution in [0.3, 0.4) is 0 Å². The number of hydrogen-bond donors (Lipinski definition) is 2. The SMILES string of the molecule is CC(C)(C)OC(=O)NCCNc1ncc(C(F)(F)F)cc1[N+](=O)[O-].